The maximum absolute atomic E-state index is 12.2. The molecule has 0 aliphatic heterocycles. The van der Waals surface area contributed by atoms with Crippen molar-refractivity contribution in [3.63, 3.8) is 0 Å². The van der Waals surface area contributed by atoms with Gasteiger partial charge in [-0.15, -0.1) is 11.3 Å². The van der Waals surface area contributed by atoms with E-state index in [4.69, 9.17) is 11.6 Å². The molecular weight excluding hydrogens is 366 g/mol. The first kappa shape index (κ1) is 17.4. The van der Waals surface area contributed by atoms with E-state index in [1.807, 2.05) is 29.6 Å². The molecule has 7 heteroatoms. The summed E-state index contributed by atoms with van der Waals surface area (Å²) in [6.45, 7) is -0.0759. The number of nitrogens with one attached hydrogen (secondary N) is 1. The minimum atomic E-state index is -3.59. The van der Waals surface area contributed by atoms with E-state index in [1.54, 1.807) is 24.3 Å². The van der Waals surface area contributed by atoms with E-state index < -0.39 is 16.1 Å². The third-order valence-electron chi connectivity index (χ3n) is 3.67. The van der Waals surface area contributed by atoms with Gasteiger partial charge in [-0.2, -0.15) is 0 Å². The lowest BCUT2D eigenvalue weighted by Gasteiger charge is -2.12. The summed E-state index contributed by atoms with van der Waals surface area (Å²) in [6, 6.07) is 14.5. The highest BCUT2D eigenvalue weighted by Gasteiger charge is 2.18. The van der Waals surface area contributed by atoms with Crippen LogP contribution in [0.1, 0.15) is 17.2 Å². The van der Waals surface area contributed by atoms with Crippen LogP contribution in [0.5, 0.6) is 0 Å². The summed E-state index contributed by atoms with van der Waals surface area (Å²) in [6.07, 6.45) is -0.901. The van der Waals surface area contributed by atoms with Gasteiger partial charge in [-0.1, -0.05) is 48.0 Å². The summed E-state index contributed by atoms with van der Waals surface area (Å²) in [7, 11) is -3.59. The molecule has 1 aromatic heterocycles. The first-order chi connectivity index (χ1) is 11.5. The highest BCUT2D eigenvalue weighted by atomic mass is 35.5. The smallest absolute Gasteiger partial charge is 0.215 e. The highest BCUT2D eigenvalue weighted by Crippen LogP contribution is 2.30. The molecule has 0 amide bonds. The second-order valence-electron chi connectivity index (χ2n) is 5.40. The molecule has 1 atom stereocenters. The number of fused-ring (bicyclic) bond motifs is 1. The van der Waals surface area contributed by atoms with E-state index in [-0.39, 0.29) is 12.3 Å². The Morgan fingerprint density at radius 2 is 1.83 bits per heavy atom. The van der Waals surface area contributed by atoms with Crippen molar-refractivity contribution in [1.29, 1.82) is 0 Å². The fourth-order valence-electron chi connectivity index (χ4n) is 2.44. The van der Waals surface area contributed by atoms with Crippen LogP contribution in [0, 0.1) is 0 Å². The fourth-order valence-corrected chi connectivity index (χ4v) is 4.91. The second-order valence-corrected chi connectivity index (χ2v) is 8.53. The van der Waals surface area contributed by atoms with Crippen molar-refractivity contribution in [3.8, 4) is 0 Å². The van der Waals surface area contributed by atoms with Crippen molar-refractivity contribution in [2.45, 2.75) is 11.9 Å². The van der Waals surface area contributed by atoms with Crippen LogP contribution in [0.25, 0.3) is 10.1 Å². The lowest BCUT2D eigenvalue weighted by Crippen LogP contribution is -2.29. The molecule has 3 rings (SSSR count). The van der Waals surface area contributed by atoms with E-state index in [1.165, 1.54) is 11.3 Å². The molecular formula is C17H16ClNO3S2. The van der Waals surface area contributed by atoms with Gasteiger partial charge in [0, 0.05) is 21.8 Å². The topological polar surface area (TPSA) is 66.4 Å². The Kier molecular flexibility index (Phi) is 5.22. The number of hydrogen-bond donors (Lipinski definition) is 2. The van der Waals surface area contributed by atoms with Crippen LogP contribution >= 0.6 is 22.9 Å². The molecule has 0 saturated carbocycles. The number of aliphatic hydroxyl groups is 1. The summed E-state index contributed by atoms with van der Waals surface area (Å²) >= 11 is 7.52. The lowest BCUT2D eigenvalue weighted by atomic mass is 10.1. The zero-order valence-electron chi connectivity index (χ0n) is 12.6. The molecule has 3 aromatic rings. The molecule has 0 fully saturated rings. The molecule has 0 bridgehead atoms. The Labute approximate surface area is 149 Å². The minimum Gasteiger partial charge on any atom is -0.387 e. The predicted octanol–water partition coefficient (Wildman–Crippen LogP) is 3.71. The lowest BCUT2D eigenvalue weighted by molar-refractivity contribution is 0.184. The van der Waals surface area contributed by atoms with Gasteiger partial charge in [0.2, 0.25) is 10.0 Å². The molecule has 1 unspecified atom stereocenters. The minimum absolute atomic E-state index is 0.0759. The fraction of sp³-hybridized carbons (Fsp3) is 0.176. The van der Waals surface area contributed by atoms with Crippen molar-refractivity contribution in [1.82, 2.24) is 4.72 Å². The van der Waals surface area contributed by atoms with Crippen LogP contribution in [-0.2, 0) is 15.8 Å². The molecule has 126 valence electrons. The van der Waals surface area contributed by atoms with Crippen LogP contribution < -0.4 is 4.72 Å². The van der Waals surface area contributed by atoms with Gasteiger partial charge in [0.15, 0.2) is 0 Å². The third-order valence-corrected chi connectivity index (χ3v) is 6.32. The average molecular weight is 382 g/mol. The standard InChI is InChI=1S/C17H16ClNO3S2/c18-15-7-3-1-5-12(15)11-24(21,22)19-9-16(20)14-10-23-17-8-4-2-6-13(14)17/h1-8,10,16,19-20H,9,11H2. The SMILES string of the molecule is O=S(=O)(Cc1ccccc1Cl)NCC(O)c1csc2ccccc12. The first-order valence-corrected chi connectivity index (χ1v) is 10.2. The summed E-state index contributed by atoms with van der Waals surface area (Å²) in [5.74, 6) is -0.218. The summed E-state index contributed by atoms with van der Waals surface area (Å²) in [5.41, 5.74) is 1.26. The molecule has 2 N–H and O–H groups in total. The number of benzene rings is 2. The normalized spacial score (nSPS) is 13.2. The van der Waals surface area contributed by atoms with Gasteiger partial charge in [-0.3, -0.25) is 0 Å². The molecule has 0 saturated heterocycles. The monoisotopic (exact) mass is 381 g/mol. The summed E-state index contributed by atoms with van der Waals surface area (Å²) < 4.78 is 27.9. The van der Waals surface area contributed by atoms with Crippen LogP contribution in [0.15, 0.2) is 53.9 Å². The number of rotatable bonds is 6. The summed E-state index contributed by atoms with van der Waals surface area (Å²) in [4.78, 5) is 0. The van der Waals surface area contributed by atoms with Gasteiger partial charge >= 0.3 is 0 Å². The zero-order chi connectivity index (χ0) is 17.2. The van der Waals surface area contributed by atoms with Crippen LogP contribution in [-0.4, -0.2) is 20.1 Å². The summed E-state index contributed by atoms with van der Waals surface area (Å²) in [5, 5.41) is 13.6. The van der Waals surface area contributed by atoms with Gasteiger partial charge < -0.3 is 5.11 Å². The first-order valence-electron chi connectivity index (χ1n) is 7.31. The maximum atomic E-state index is 12.2. The molecule has 24 heavy (non-hydrogen) atoms. The van der Waals surface area contributed by atoms with Crippen LogP contribution in [0.4, 0.5) is 0 Å². The quantitative estimate of drug-likeness (QED) is 0.684. The molecule has 2 aromatic carbocycles. The van der Waals surface area contributed by atoms with E-state index in [0.29, 0.717) is 10.6 Å². The maximum Gasteiger partial charge on any atom is 0.215 e. The van der Waals surface area contributed by atoms with E-state index in [9.17, 15) is 13.5 Å². The predicted molar refractivity (Wildman–Crippen MR) is 98.9 cm³/mol. The van der Waals surface area contributed by atoms with Crippen molar-refractivity contribution in [2.75, 3.05) is 6.54 Å². The molecule has 0 aliphatic carbocycles. The van der Waals surface area contributed by atoms with Gasteiger partial charge in [0.05, 0.1) is 11.9 Å². The number of thiophene rings is 1. The Morgan fingerprint density at radius 3 is 2.62 bits per heavy atom. The van der Waals surface area contributed by atoms with Crippen molar-refractivity contribution < 1.29 is 13.5 Å². The Balaban J connectivity index is 1.69. The number of halogens is 1. The van der Waals surface area contributed by atoms with Gasteiger partial charge in [-0.25, -0.2) is 13.1 Å². The number of hydrogen-bond acceptors (Lipinski definition) is 4. The zero-order valence-corrected chi connectivity index (χ0v) is 15.0. The van der Waals surface area contributed by atoms with Crippen LogP contribution in [0.3, 0.4) is 0 Å². The Bertz CT molecular complexity index is 953. The molecule has 0 radical (unpaired) electrons. The average Bonchev–Trinajstić information content (AvgIpc) is 2.99. The highest BCUT2D eigenvalue weighted by molar-refractivity contribution is 7.88. The van der Waals surface area contributed by atoms with Crippen molar-refractivity contribution in [2.24, 2.45) is 0 Å². The van der Waals surface area contributed by atoms with Crippen molar-refractivity contribution >= 4 is 43.0 Å². The van der Waals surface area contributed by atoms with Gasteiger partial charge in [0.25, 0.3) is 0 Å². The van der Waals surface area contributed by atoms with Gasteiger partial charge in [0.1, 0.15) is 0 Å². The number of aliphatic hydroxyl groups excluding tert-OH is 1. The number of sulfonamides is 1. The second kappa shape index (κ2) is 7.21. The van der Waals surface area contributed by atoms with E-state index in [0.717, 1.165) is 15.6 Å². The molecule has 0 spiro atoms. The molecule has 4 nitrogen and oxygen atoms in total. The molecule has 1 heterocycles. The third kappa shape index (κ3) is 3.96. The molecule has 0 aliphatic rings. The van der Waals surface area contributed by atoms with E-state index in [2.05, 4.69) is 4.72 Å². The largest absolute Gasteiger partial charge is 0.387 e. The van der Waals surface area contributed by atoms with Crippen molar-refractivity contribution in [3.05, 3.63) is 70.1 Å². The Hall–Kier alpha value is -1.44. The van der Waals surface area contributed by atoms with E-state index >= 15 is 0 Å². The van der Waals surface area contributed by atoms with Crippen LogP contribution in [0.2, 0.25) is 5.02 Å². The Morgan fingerprint density at radius 1 is 1.12 bits per heavy atom. The van der Waals surface area contributed by atoms with Gasteiger partial charge in [-0.05, 0) is 28.5 Å².